The molecule has 0 heterocycles. The van der Waals surface area contributed by atoms with Gasteiger partial charge in [0.1, 0.15) is 17.3 Å². The van der Waals surface area contributed by atoms with E-state index in [1.807, 2.05) is 24.3 Å². The molecule has 0 radical (unpaired) electrons. The van der Waals surface area contributed by atoms with Crippen LogP contribution in [0.4, 0.5) is 4.39 Å². The van der Waals surface area contributed by atoms with Crippen LogP contribution in [0.1, 0.15) is 25.3 Å². The van der Waals surface area contributed by atoms with Gasteiger partial charge < -0.3 is 4.74 Å². The summed E-state index contributed by atoms with van der Waals surface area (Å²) in [6.07, 6.45) is 0. The van der Waals surface area contributed by atoms with Crippen molar-refractivity contribution >= 4 is 0 Å². The van der Waals surface area contributed by atoms with Crippen LogP contribution in [0.15, 0.2) is 48.5 Å². The minimum atomic E-state index is -0.257. The highest BCUT2D eigenvalue weighted by Crippen LogP contribution is 2.23. The van der Waals surface area contributed by atoms with Gasteiger partial charge in [0.2, 0.25) is 0 Å². The summed E-state index contributed by atoms with van der Waals surface area (Å²) >= 11 is 0. The number of benzene rings is 2. The number of halogens is 1. The van der Waals surface area contributed by atoms with Gasteiger partial charge in [-0.25, -0.2) is 4.39 Å². The molecule has 0 aliphatic carbocycles. The summed E-state index contributed by atoms with van der Waals surface area (Å²) in [5, 5.41) is 0. The Morgan fingerprint density at radius 3 is 1.76 bits per heavy atom. The van der Waals surface area contributed by atoms with Crippen LogP contribution in [0.2, 0.25) is 0 Å². The largest absolute Gasteiger partial charge is 0.457 e. The van der Waals surface area contributed by atoms with Crippen molar-refractivity contribution < 1.29 is 9.13 Å². The summed E-state index contributed by atoms with van der Waals surface area (Å²) in [6.45, 7) is 4.30. The van der Waals surface area contributed by atoms with Crippen molar-refractivity contribution in [3.05, 3.63) is 59.9 Å². The summed E-state index contributed by atoms with van der Waals surface area (Å²) in [7, 11) is 0. The van der Waals surface area contributed by atoms with Gasteiger partial charge in [-0.3, -0.25) is 0 Å². The first-order valence-electron chi connectivity index (χ1n) is 5.68. The van der Waals surface area contributed by atoms with Crippen molar-refractivity contribution in [3.8, 4) is 11.5 Å². The lowest BCUT2D eigenvalue weighted by atomic mass is 10.0. The quantitative estimate of drug-likeness (QED) is 0.739. The Morgan fingerprint density at radius 1 is 0.824 bits per heavy atom. The molecule has 17 heavy (non-hydrogen) atoms. The smallest absolute Gasteiger partial charge is 0.127 e. The zero-order valence-corrected chi connectivity index (χ0v) is 9.98. The lowest BCUT2D eigenvalue weighted by Crippen LogP contribution is -1.88. The van der Waals surface area contributed by atoms with E-state index in [2.05, 4.69) is 13.8 Å². The van der Waals surface area contributed by atoms with E-state index in [1.165, 1.54) is 17.7 Å². The molecule has 1 nitrogen and oxygen atoms in total. The van der Waals surface area contributed by atoms with Crippen LogP contribution >= 0.6 is 0 Å². The second kappa shape index (κ2) is 5.00. The van der Waals surface area contributed by atoms with Gasteiger partial charge >= 0.3 is 0 Å². The topological polar surface area (TPSA) is 9.23 Å². The molecule has 0 aliphatic heterocycles. The molecule has 0 saturated heterocycles. The number of hydrogen-bond acceptors (Lipinski definition) is 1. The second-order valence-electron chi connectivity index (χ2n) is 4.28. The highest BCUT2D eigenvalue weighted by molar-refractivity contribution is 5.33. The van der Waals surface area contributed by atoms with Crippen LogP contribution in [-0.4, -0.2) is 0 Å². The van der Waals surface area contributed by atoms with Gasteiger partial charge in [0, 0.05) is 0 Å². The van der Waals surface area contributed by atoms with Gasteiger partial charge in [-0.2, -0.15) is 0 Å². The molecule has 88 valence electrons. The number of hydrogen-bond donors (Lipinski definition) is 0. The fraction of sp³-hybridized carbons (Fsp3) is 0.200. The molecular weight excluding hydrogens is 215 g/mol. The molecule has 0 aliphatic rings. The van der Waals surface area contributed by atoms with Gasteiger partial charge in [-0.05, 0) is 47.9 Å². The molecular formula is C15H15FO. The van der Waals surface area contributed by atoms with Gasteiger partial charge in [0.05, 0.1) is 0 Å². The predicted octanol–water partition coefficient (Wildman–Crippen LogP) is 4.74. The molecule has 2 heteroatoms. The van der Waals surface area contributed by atoms with Crippen molar-refractivity contribution in [2.45, 2.75) is 19.8 Å². The van der Waals surface area contributed by atoms with Crippen LogP contribution in [-0.2, 0) is 0 Å². The molecule has 0 spiro atoms. The Balaban J connectivity index is 2.11. The summed E-state index contributed by atoms with van der Waals surface area (Å²) in [5.74, 6) is 1.66. The van der Waals surface area contributed by atoms with E-state index < -0.39 is 0 Å². The summed E-state index contributed by atoms with van der Waals surface area (Å²) < 4.78 is 18.3. The number of ether oxygens (including phenoxy) is 1. The van der Waals surface area contributed by atoms with Gasteiger partial charge in [0.25, 0.3) is 0 Å². The Hall–Kier alpha value is -1.83. The van der Waals surface area contributed by atoms with Crippen LogP contribution in [0.5, 0.6) is 11.5 Å². The highest BCUT2D eigenvalue weighted by Gasteiger charge is 2.00. The van der Waals surface area contributed by atoms with Gasteiger partial charge in [0.15, 0.2) is 0 Å². The van der Waals surface area contributed by atoms with Crippen LogP contribution < -0.4 is 4.74 Å². The van der Waals surface area contributed by atoms with Crippen LogP contribution in [0, 0.1) is 5.82 Å². The summed E-state index contributed by atoms with van der Waals surface area (Å²) in [4.78, 5) is 0. The number of rotatable bonds is 3. The maximum Gasteiger partial charge on any atom is 0.127 e. The molecule has 2 aromatic carbocycles. The molecule has 2 aromatic rings. The third-order valence-electron chi connectivity index (χ3n) is 2.60. The van der Waals surface area contributed by atoms with E-state index in [9.17, 15) is 4.39 Å². The van der Waals surface area contributed by atoms with E-state index >= 15 is 0 Å². The fourth-order valence-corrected chi connectivity index (χ4v) is 1.56. The minimum absolute atomic E-state index is 0.257. The molecule has 0 fully saturated rings. The third kappa shape index (κ3) is 3.06. The van der Waals surface area contributed by atoms with E-state index in [4.69, 9.17) is 4.74 Å². The predicted molar refractivity (Wildman–Crippen MR) is 67.0 cm³/mol. The zero-order valence-electron chi connectivity index (χ0n) is 9.98. The average Bonchev–Trinajstić information content (AvgIpc) is 2.33. The molecule has 2 rings (SSSR count). The lowest BCUT2D eigenvalue weighted by molar-refractivity contribution is 0.480. The summed E-state index contributed by atoms with van der Waals surface area (Å²) in [6, 6.07) is 14.0. The maximum atomic E-state index is 12.7. The van der Waals surface area contributed by atoms with E-state index in [0.29, 0.717) is 11.7 Å². The highest BCUT2D eigenvalue weighted by atomic mass is 19.1. The minimum Gasteiger partial charge on any atom is -0.457 e. The van der Waals surface area contributed by atoms with Crippen LogP contribution in [0.3, 0.4) is 0 Å². The van der Waals surface area contributed by atoms with Crippen molar-refractivity contribution in [1.29, 1.82) is 0 Å². The Bertz CT molecular complexity index is 471. The second-order valence-corrected chi connectivity index (χ2v) is 4.28. The Kier molecular flexibility index (Phi) is 3.43. The van der Waals surface area contributed by atoms with E-state index in [1.54, 1.807) is 12.1 Å². The standard InChI is InChI=1S/C15H15FO/c1-11(2)12-3-7-14(8-4-12)17-15-9-5-13(16)6-10-15/h3-11H,1-2H3. The molecule has 0 bridgehead atoms. The molecule has 0 aromatic heterocycles. The average molecular weight is 230 g/mol. The SMILES string of the molecule is CC(C)c1ccc(Oc2ccc(F)cc2)cc1. The van der Waals surface area contributed by atoms with Crippen molar-refractivity contribution in [3.63, 3.8) is 0 Å². The van der Waals surface area contributed by atoms with Crippen molar-refractivity contribution in [2.24, 2.45) is 0 Å². The molecule has 0 N–H and O–H groups in total. The molecule has 0 amide bonds. The first kappa shape index (κ1) is 11.6. The van der Waals surface area contributed by atoms with Crippen molar-refractivity contribution in [2.75, 3.05) is 0 Å². The lowest BCUT2D eigenvalue weighted by Gasteiger charge is -2.08. The van der Waals surface area contributed by atoms with E-state index in [0.717, 1.165) is 5.75 Å². The maximum absolute atomic E-state index is 12.7. The Labute approximate surface area is 101 Å². The molecule has 0 unspecified atom stereocenters. The van der Waals surface area contributed by atoms with Gasteiger partial charge in [-0.1, -0.05) is 26.0 Å². The monoisotopic (exact) mass is 230 g/mol. The molecule has 0 atom stereocenters. The first-order chi connectivity index (χ1) is 8.15. The zero-order chi connectivity index (χ0) is 12.3. The Morgan fingerprint density at radius 2 is 1.29 bits per heavy atom. The fourth-order valence-electron chi connectivity index (χ4n) is 1.56. The van der Waals surface area contributed by atoms with E-state index in [-0.39, 0.29) is 5.82 Å². The summed E-state index contributed by atoms with van der Waals surface area (Å²) in [5.41, 5.74) is 1.27. The van der Waals surface area contributed by atoms with Crippen LogP contribution in [0.25, 0.3) is 0 Å². The first-order valence-corrected chi connectivity index (χ1v) is 5.68. The molecule has 0 saturated carbocycles. The van der Waals surface area contributed by atoms with Crippen molar-refractivity contribution in [1.82, 2.24) is 0 Å². The van der Waals surface area contributed by atoms with Gasteiger partial charge in [-0.15, -0.1) is 0 Å². The normalized spacial score (nSPS) is 10.6. The third-order valence-corrected chi connectivity index (χ3v) is 2.60.